The summed E-state index contributed by atoms with van der Waals surface area (Å²) in [6.45, 7) is 5.53. The fourth-order valence-electron chi connectivity index (χ4n) is 2.63. The molecule has 0 spiro atoms. The Hall–Kier alpha value is -1.53. The average molecular weight is 351 g/mol. The van der Waals surface area contributed by atoms with Crippen LogP contribution in [0.4, 0.5) is 0 Å². The Morgan fingerprint density at radius 3 is 2.76 bits per heavy atom. The molecule has 2 heterocycles. The highest BCUT2D eigenvalue weighted by Gasteiger charge is 2.19. The zero-order valence-corrected chi connectivity index (χ0v) is 13.4. The van der Waals surface area contributed by atoms with Gasteiger partial charge in [0.1, 0.15) is 11.6 Å². The third-order valence-electron chi connectivity index (χ3n) is 3.82. The lowest BCUT2D eigenvalue weighted by Crippen LogP contribution is -2.45. The van der Waals surface area contributed by atoms with Crippen LogP contribution in [0.2, 0.25) is 0 Å². The minimum Gasteiger partial charge on any atom is -0.508 e. The van der Waals surface area contributed by atoms with Gasteiger partial charge in [0.05, 0.1) is 6.34 Å². The predicted molar refractivity (Wildman–Crippen MR) is 87.2 cm³/mol. The third kappa shape index (κ3) is 3.57. The highest BCUT2D eigenvalue weighted by Crippen LogP contribution is 2.24. The molecule has 21 heavy (non-hydrogen) atoms. The fraction of sp³-hybridized carbons (Fsp3) is 0.400. The maximum absolute atomic E-state index is 9.93. The van der Waals surface area contributed by atoms with Crippen LogP contribution in [-0.2, 0) is 6.54 Å². The van der Waals surface area contributed by atoms with Crippen molar-refractivity contribution in [2.75, 3.05) is 32.7 Å². The molecule has 6 heteroatoms. The zero-order chi connectivity index (χ0) is 14.7. The van der Waals surface area contributed by atoms with Crippen molar-refractivity contribution in [3.8, 4) is 5.75 Å². The van der Waals surface area contributed by atoms with Crippen molar-refractivity contribution in [2.24, 2.45) is 4.99 Å². The lowest BCUT2D eigenvalue weighted by molar-refractivity contribution is 0.150. The maximum atomic E-state index is 9.93. The van der Waals surface area contributed by atoms with Crippen LogP contribution in [0, 0.1) is 0 Å². The molecule has 2 aliphatic rings. The van der Waals surface area contributed by atoms with Gasteiger partial charge >= 0.3 is 0 Å². The van der Waals surface area contributed by atoms with Gasteiger partial charge in [-0.3, -0.25) is 4.90 Å². The molecule has 112 valence electrons. The summed E-state index contributed by atoms with van der Waals surface area (Å²) in [6.07, 6.45) is 3.89. The number of halogens is 1. The van der Waals surface area contributed by atoms with Crippen molar-refractivity contribution < 1.29 is 5.11 Å². The number of phenols is 1. The van der Waals surface area contributed by atoms with Crippen LogP contribution in [0.3, 0.4) is 0 Å². The minimum absolute atomic E-state index is 0.367. The van der Waals surface area contributed by atoms with E-state index in [-0.39, 0.29) is 0 Å². The van der Waals surface area contributed by atoms with Crippen LogP contribution in [0.25, 0.3) is 0 Å². The highest BCUT2D eigenvalue weighted by atomic mass is 79.9. The summed E-state index contributed by atoms with van der Waals surface area (Å²) in [6, 6.07) is 5.59. The molecule has 0 radical (unpaired) electrons. The number of aromatic hydroxyl groups is 1. The van der Waals surface area contributed by atoms with E-state index in [4.69, 9.17) is 0 Å². The summed E-state index contributed by atoms with van der Waals surface area (Å²) in [5.41, 5.74) is 0.969. The first-order valence-electron chi connectivity index (χ1n) is 7.13. The number of hydrogen-bond acceptors (Lipinski definition) is 5. The van der Waals surface area contributed by atoms with E-state index < -0.39 is 0 Å². The summed E-state index contributed by atoms with van der Waals surface area (Å²) in [5.74, 6) is 1.44. The zero-order valence-electron chi connectivity index (χ0n) is 11.8. The molecule has 5 nitrogen and oxygen atoms in total. The normalized spacial score (nSPS) is 19.3. The van der Waals surface area contributed by atoms with E-state index in [9.17, 15) is 5.11 Å². The first kappa shape index (κ1) is 14.4. The Morgan fingerprint density at radius 1 is 1.24 bits per heavy atom. The molecule has 0 aromatic heterocycles. The number of nitrogens with one attached hydrogen (secondary N) is 1. The largest absolute Gasteiger partial charge is 0.508 e. The molecule has 0 unspecified atom stereocenters. The smallest absolute Gasteiger partial charge is 0.128 e. The van der Waals surface area contributed by atoms with E-state index in [0.717, 1.165) is 55.1 Å². The van der Waals surface area contributed by atoms with Crippen molar-refractivity contribution in [2.45, 2.75) is 6.54 Å². The quantitative estimate of drug-likeness (QED) is 0.871. The van der Waals surface area contributed by atoms with Crippen LogP contribution < -0.4 is 5.32 Å². The summed E-state index contributed by atoms with van der Waals surface area (Å²) in [4.78, 5) is 9.05. The number of rotatable bonds is 3. The van der Waals surface area contributed by atoms with E-state index in [1.165, 1.54) is 0 Å². The molecular weight excluding hydrogens is 332 g/mol. The summed E-state index contributed by atoms with van der Waals surface area (Å²) in [5, 5.41) is 13.0. The van der Waals surface area contributed by atoms with Crippen LogP contribution in [0.1, 0.15) is 5.56 Å². The van der Waals surface area contributed by atoms with E-state index in [2.05, 4.69) is 42.1 Å². The van der Waals surface area contributed by atoms with Gasteiger partial charge in [0, 0.05) is 49.3 Å². The molecule has 3 rings (SSSR count). The first-order valence-corrected chi connectivity index (χ1v) is 7.92. The predicted octanol–water partition coefficient (Wildman–Crippen LogP) is 1.75. The second-order valence-corrected chi connectivity index (χ2v) is 6.18. The van der Waals surface area contributed by atoms with Crippen LogP contribution in [0.5, 0.6) is 5.75 Å². The number of phenolic OH excluding ortho intramolecular Hbond substituents is 1. The number of aliphatic imine (C=N–C) groups is 1. The fourth-order valence-corrected chi connectivity index (χ4v) is 3.04. The Morgan fingerprint density at radius 2 is 2.05 bits per heavy atom. The Labute approximate surface area is 133 Å². The number of nitrogens with zero attached hydrogens (tertiary/aromatic N) is 3. The minimum atomic E-state index is 0.367. The van der Waals surface area contributed by atoms with Gasteiger partial charge in [0.15, 0.2) is 0 Å². The van der Waals surface area contributed by atoms with Gasteiger partial charge in [0.2, 0.25) is 0 Å². The summed E-state index contributed by atoms with van der Waals surface area (Å²) >= 11 is 3.46. The van der Waals surface area contributed by atoms with Gasteiger partial charge in [-0.1, -0.05) is 15.9 Å². The Bertz CT molecular complexity index is 565. The SMILES string of the molecule is Oc1ccc(Br)cc1CN1CCN(C2=CCNC=N2)CC1. The molecule has 0 bridgehead atoms. The van der Waals surface area contributed by atoms with E-state index in [0.29, 0.717) is 5.75 Å². The topological polar surface area (TPSA) is 51.1 Å². The molecule has 2 aliphatic heterocycles. The standard InChI is InChI=1S/C15H19BrN4O/c16-13-1-2-14(21)12(9-13)10-19-5-7-20(8-6-19)15-3-4-17-11-18-15/h1-3,9,11,21H,4-8,10H2,(H,17,18). The van der Waals surface area contributed by atoms with Crippen LogP contribution in [-0.4, -0.2) is 54.0 Å². The molecule has 2 N–H and O–H groups in total. The van der Waals surface area contributed by atoms with Gasteiger partial charge < -0.3 is 15.3 Å². The molecule has 1 aromatic carbocycles. The molecule has 1 fully saturated rings. The average Bonchev–Trinajstić information content (AvgIpc) is 2.53. The Kier molecular flexibility index (Phi) is 4.45. The number of benzene rings is 1. The van der Waals surface area contributed by atoms with Crippen molar-refractivity contribution >= 4 is 22.3 Å². The highest BCUT2D eigenvalue weighted by molar-refractivity contribution is 9.10. The Balaban J connectivity index is 1.57. The molecule has 1 saturated heterocycles. The number of piperazine rings is 1. The van der Waals surface area contributed by atoms with Gasteiger partial charge in [-0.15, -0.1) is 0 Å². The molecule has 0 saturated carbocycles. The molecule has 0 aliphatic carbocycles. The van der Waals surface area contributed by atoms with Crippen molar-refractivity contribution in [3.05, 3.63) is 40.1 Å². The lowest BCUT2D eigenvalue weighted by Gasteiger charge is -2.36. The van der Waals surface area contributed by atoms with Crippen LogP contribution >= 0.6 is 15.9 Å². The number of hydrogen-bond donors (Lipinski definition) is 2. The maximum Gasteiger partial charge on any atom is 0.128 e. The molecule has 1 aromatic rings. The second kappa shape index (κ2) is 6.49. The van der Waals surface area contributed by atoms with Crippen LogP contribution in [0.15, 0.2) is 39.6 Å². The first-order chi connectivity index (χ1) is 10.2. The van der Waals surface area contributed by atoms with Crippen molar-refractivity contribution in [3.63, 3.8) is 0 Å². The van der Waals surface area contributed by atoms with E-state index in [1.807, 2.05) is 12.1 Å². The second-order valence-electron chi connectivity index (χ2n) is 5.27. The van der Waals surface area contributed by atoms with E-state index >= 15 is 0 Å². The van der Waals surface area contributed by atoms with Gasteiger partial charge in [-0.05, 0) is 24.3 Å². The monoisotopic (exact) mass is 350 g/mol. The van der Waals surface area contributed by atoms with Gasteiger partial charge in [-0.25, -0.2) is 4.99 Å². The summed E-state index contributed by atoms with van der Waals surface area (Å²) < 4.78 is 1.00. The van der Waals surface area contributed by atoms with Gasteiger partial charge in [-0.2, -0.15) is 0 Å². The lowest BCUT2D eigenvalue weighted by atomic mass is 10.1. The third-order valence-corrected chi connectivity index (χ3v) is 4.32. The van der Waals surface area contributed by atoms with Crippen molar-refractivity contribution in [1.82, 2.24) is 15.1 Å². The molecule has 0 atom stereocenters. The van der Waals surface area contributed by atoms with E-state index in [1.54, 1.807) is 12.4 Å². The van der Waals surface area contributed by atoms with Crippen molar-refractivity contribution in [1.29, 1.82) is 0 Å². The molecular formula is C15H19BrN4O. The van der Waals surface area contributed by atoms with Gasteiger partial charge in [0.25, 0.3) is 0 Å². The molecule has 0 amide bonds. The summed E-state index contributed by atoms with van der Waals surface area (Å²) in [7, 11) is 0.